The predicted octanol–water partition coefficient (Wildman–Crippen LogP) is 9.71. The number of nitrogens with one attached hydrogen (secondary N) is 3. The van der Waals surface area contributed by atoms with E-state index in [0.29, 0.717) is 47.3 Å². The van der Waals surface area contributed by atoms with Crippen LogP contribution in [-0.2, 0) is 16.2 Å². The zero-order valence-electron chi connectivity index (χ0n) is 30.4. The molecular formula is C44H40N4O5S2. The largest absolute Gasteiger partial charge is 0.494 e. The van der Waals surface area contributed by atoms with E-state index >= 15 is 0 Å². The maximum absolute atomic E-state index is 13.8. The first kappa shape index (κ1) is 38.6. The lowest BCUT2D eigenvalue weighted by molar-refractivity contribution is -0.116. The molecule has 278 valence electrons. The fourth-order valence-electron chi connectivity index (χ4n) is 5.38. The Hall–Kier alpha value is -6.17. The van der Waals surface area contributed by atoms with Gasteiger partial charge in [-0.15, -0.1) is 23.1 Å². The minimum Gasteiger partial charge on any atom is -0.494 e. The normalized spacial score (nSPS) is 11.6. The van der Waals surface area contributed by atoms with Crippen LogP contribution in [0.4, 0.5) is 10.8 Å². The number of nitrogens with zero attached hydrogens (tertiary/aromatic N) is 1. The van der Waals surface area contributed by atoms with Crippen molar-refractivity contribution < 1.29 is 23.9 Å². The number of thiazole rings is 1. The maximum Gasteiger partial charge on any atom is 0.272 e. The molecular weight excluding hydrogens is 729 g/mol. The molecule has 55 heavy (non-hydrogen) atoms. The minimum atomic E-state index is -0.507. The fourth-order valence-corrected chi connectivity index (χ4v) is 7.12. The lowest BCUT2D eigenvalue weighted by Crippen LogP contribution is -2.30. The number of hydrogen-bond donors (Lipinski definition) is 3. The summed E-state index contributed by atoms with van der Waals surface area (Å²) in [6, 6.07) is 40.8. The highest BCUT2D eigenvalue weighted by atomic mass is 32.2. The van der Waals surface area contributed by atoms with E-state index in [1.807, 2.05) is 116 Å². The Morgan fingerprint density at radius 2 is 1.47 bits per heavy atom. The van der Waals surface area contributed by atoms with Crippen LogP contribution in [0.3, 0.4) is 0 Å². The number of carbonyl (C=O) groups is 3. The van der Waals surface area contributed by atoms with Gasteiger partial charge in [0.2, 0.25) is 5.91 Å². The Labute approximate surface area is 328 Å². The second-order valence-electron chi connectivity index (χ2n) is 12.2. The van der Waals surface area contributed by atoms with Crippen LogP contribution >= 0.6 is 23.1 Å². The molecule has 3 N–H and O–H groups in total. The molecule has 1 unspecified atom stereocenters. The van der Waals surface area contributed by atoms with Gasteiger partial charge in [-0.3, -0.25) is 14.4 Å². The van der Waals surface area contributed by atoms with Crippen molar-refractivity contribution in [3.05, 3.63) is 161 Å². The summed E-state index contributed by atoms with van der Waals surface area (Å²) in [5.41, 5.74) is 4.43. The van der Waals surface area contributed by atoms with E-state index < -0.39 is 17.1 Å². The Bertz CT molecular complexity index is 2220. The summed E-state index contributed by atoms with van der Waals surface area (Å²) < 4.78 is 11.4. The van der Waals surface area contributed by atoms with Crippen LogP contribution < -0.4 is 25.4 Å². The Morgan fingerprint density at radius 1 is 0.782 bits per heavy atom. The molecule has 3 amide bonds. The zero-order chi connectivity index (χ0) is 38.4. The molecule has 0 aliphatic heterocycles. The third-order valence-corrected chi connectivity index (χ3v) is 10.3. The van der Waals surface area contributed by atoms with Gasteiger partial charge >= 0.3 is 0 Å². The van der Waals surface area contributed by atoms with Gasteiger partial charge < -0.3 is 25.4 Å². The van der Waals surface area contributed by atoms with E-state index in [9.17, 15) is 14.4 Å². The second-order valence-corrected chi connectivity index (χ2v) is 14.3. The SMILES string of the molecule is CCOc1ccc(-c2csc(NC(=O)C(CC)Sc3cccc(NC(=O)/C(=C/c4ccc(OCc5ccccc5)cc4)NC(=O)c4ccccc4)c3)n2)cc1. The van der Waals surface area contributed by atoms with Crippen LogP contribution in [0.2, 0.25) is 0 Å². The first-order valence-corrected chi connectivity index (χ1v) is 19.6. The van der Waals surface area contributed by atoms with Crippen molar-refractivity contribution in [2.24, 2.45) is 0 Å². The van der Waals surface area contributed by atoms with Gasteiger partial charge in [-0.05, 0) is 97.3 Å². The monoisotopic (exact) mass is 768 g/mol. The molecule has 0 spiro atoms. The van der Waals surface area contributed by atoms with Crippen LogP contribution in [-0.4, -0.2) is 34.6 Å². The summed E-state index contributed by atoms with van der Waals surface area (Å²) in [4.78, 5) is 45.7. The molecule has 6 rings (SSSR count). The number of anilines is 2. The van der Waals surface area contributed by atoms with Crippen molar-refractivity contribution in [2.45, 2.75) is 37.0 Å². The Kier molecular flexibility index (Phi) is 13.5. The Morgan fingerprint density at radius 3 is 2.18 bits per heavy atom. The Balaban J connectivity index is 1.12. The van der Waals surface area contributed by atoms with Crippen molar-refractivity contribution in [2.75, 3.05) is 17.2 Å². The fraction of sp³-hybridized carbons (Fsp3) is 0.136. The quantitative estimate of drug-likeness (QED) is 0.0663. The molecule has 1 heterocycles. The first-order chi connectivity index (χ1) is 26.9. The number of rotatable bonds is 16. The molecule has 0 saturated heterocycles. The van der Waals surface area contributed by atoms with Crippen molar-refractivity contribution in [3.8, 4) is 22.8 Å². The van der Waals surface area contributed by atoms with Crippen LogP contribution in [0.5, 0.6) is 11.5 Å². The molecule has 0 radical (unpaired) electrons. The number of benzene rings is 5. The van der Waals surface area contributed by atoms with E-state index in [2.05, 4.69) is 20.9 Å². The number of aromatic nitrogens is 1. The lowest BCUT2D eigenvalue weighted by atomic mass is 10.1. The molecule has 0 aliphatic rings. The van der Waals surface area contributed by atoms with Gasteiger partial charge in [0.15, 0.2) is 5.13 Å². The van der Waals surface area contributed by atoms with Gasteiger partial charge in [0.25, 0.3) is 11.8 Å². The third kappa shape index (κ3) is 11.2. The number of carbonyl (C=O) groups excluding carboxylic acids is 3. The van der Waals surface area contributed by atoms with Gasteiger partial charge in [-0.2, -0.15) is 0 Å². The zero-order valence-corrected chi connectivity index (χ0v) is 32.0. The molecule has 1 atom stereocenters. The summed E-state index contributed by atoms with van der Waals surface area (Å²) in [6.07, 6.45) is 2.19. The minimum absolute atomic E-state index is 0.0590. The molecule has 11 heteroatoms. The first-order valence-electron chi connectivity index (χ1n) is 17.8. The highest BCUT2D eigenvalue weighted by molar-refractivity contribution is 8.00. The van der Waals surface area contributed by atoms with E-state index in [-0.39, 0.29) is 11.6 Å². The standard InChI is InChI=1S/C44H40N4O5S2/c1-3-40(43(51)48-44-47-39(29-54-44)32-20-24-35(25-21-32)52-4-2)55-37-17-11-16-34(27-37)45-42(50)38(46-41(49)33-14-9-6-10-15-33)26-30-18-22-36(23-19-30)53-28-31-12-7-5-8-13-31/h5-27,29,40H,3-4,28H2,1-2H3,(H,45,50)(H,46,49)(H,47,48,51)/b38-26-. The van der Waals surface area contributed by atoms with Gasteiger partial charge in [0.1, 0.15) is 23.8 Å². The molecule has 5 aromatic carbocycles. The molecule has 9 nitrogen and oxygen atoms in total. The van der Waals surface area contributed by atoms with E-state index in [0.717, 1.165) is 27.5 Å². The number of thioether (sulfide) groups is 1. The third-order valence-electron chi connectivity index (χ3n) is 8.20. The summed E-state index contributed by atoms with van der Waals surface area (Å²) >= 11 is 2.76. The number of ether oxygens (including phenoxy) is 2. The summed E-state index contributed by atoms with van der Waals surface area (Å²) in [7, 11) is 0. The molecule has 0 saturated carbocycles. The van der Waals surface area contributed by atoms with Crippen molar-refractivity contribution in [1.29, 1.82) is 0 Å². The van der Waals surface area contributed by atoms with Crippen LogP contribution in [0.15, 0.2) is 149 Å². The molecule has 0 bridgehead atoms. The van der Waals surface area contributed by atoms with E-state index in [4.69, 9.17) is 9.47 Å². The van der Waals surface area contributed by atoms with E-state index in [1.165, 1.54) is 23.1 Å². The van der Waals surface area contributed by atoms with Crippen LogP contribution in [0.25, 0.3) is 17.3 Å². The molecule has 0 fully saturated rings. The summed E-state index contributed by atoms with van der Waals surface area (Å²) in [5.74, 6) is 0.375. The predicted molar refractivity (Wildman–Crippen MR) is 221 cm³/mol. The summed E-state index contributed by atoms with van der Waals surface area (Å²) in [5, 5.41) is 10.7. The van der Waals surface area contributed by atoms with Gasteiger partial charge in [0, 0.05) is 27.1 Å². The smallest absolute Gasteiger partial charge is 0.272 e. The number of hydrogen-bond acceptors (Lipinski definition) is 8. The summed E-state index contributed by atoms with van der Waals surface area (Å²) in [6.45, 7) is 4.91. The van der Waals surface area contributed by atoms with Crippen molar-refractivity contribution in [3.63, 3.8) is 0 Å². The molecule has 0 aliphatic carbocycles. The lowest BCUT2D eigenvalue weighted by Gasteiger charge is -2.15. The van der Waals surface area contributed by atoms with Crippen molar-refractivity contribution in [1.82, 2.24) is 10.3 Å². The van der Waals surface area contributed by atoms with Gasteiger partial charge in [-0.1, -0.05) is 73.7 Å². The second kappa shape index (κ2) is 19.2. The average Bonchev–Trinajstić information content (AvgIpc) is 3.69. The molecule has 6 aromatic rings. The topological polar surface area (TPSA) is 119 Å². The molecule has 1 aromatic heterocycles. The van der Waals surface area contributed by atoms with Crippen LogP contribution in [0, 0.1) is 0 Å². The van der Waals surface area contributed by atoms with Gasteiger partial charge in [-0.25, -0.2) is 4.98 Å². The van der Waals surface area contributed by atoms with Crippen molar-refractivity contribution >= 4 is 57.7 Å². The van der Waals surface area contributed by atoms with Crippen LogP contribution in [0.1, 0.15) is 41.8 Å². The number of amides is 3. The highest BCUT2D eigenvalue weighted by Gasteiger charge is 2.21. The average molecular weight is 769 g/mol. The maximum atomic E-state index is 13.8. The highest BCUT2D eigenvalue weighted by Crippen LogP contribution is 2.31. The van der Waals surface area contributed by atoms with Gasteiger partial charge in [0.05, 0.1) is 17.6 Å². The van der Waals surface area contributed by atoms with E-state index in [1.54, 1.807) is 42.5 Å².